The van der Waals surface area contributed by atoms with Crippen molar-refractivity contribution in [3.05, 3.63) is 92.9 Å². The predicted molar refractivity (Wildman–Crippen MR) is 157 cm³/mol. The SMILES string of the molecule is Cc1cccc(N(CC(=O)N(Cc2ccc(Cl)c(Cl)c2)[C@H](C)C(=O)NC(C)C)S(=O)(=O)c2ccc(Cl)cc2)c1. The Labute approximate surface area is 244 Å². The maximum absolute atomic E-state index is 13.9. The summed E-state index contributed by atoms with van der Waals surface area (Å²) in [5.41, 5.74) is 1.75. The predicted octanol–water partition coefficient (Wildman–Crippen LogP) is 6.09. The van der Waals surface area contributed by atoms with Crippen LogP contribution < -0.4 is 9.62 Å². The van der Waals surface area contributed by atoms with Crippen LogP contribution in [0.4, 0.5) is 5.69 Å². The molecule has 3 aromatic carbocycles. The third-order valence-electron chi connectivity index (χ3n) is 5.91. The molecule has 0 radical (unpaired) electrons. The molecule has 208 valence electrons. The highest BCUT2D eigenvalue weighted by molar-refractivity contribution is 7.92. The van der Waals surface area contributed by atoms with Gasteiger partial charge in [0, 0.05) is 17.6 Å². The molecule has 11 heteroatoms. The number of carbonyl (C=O) groups is 2. The van der Waals surface area contributed by atoms with Gasteiger partial charge in [-0.15, -0.1) is 0 Å². The van der Waals surface area contributed by atoms with E-state index in [0.29, 0.717) is 26.3 Å². The summed E-state index contributed by atoms with van der Waals surface area (Å²) in [5.74, 6) is -0.951. The summed E-state index contributed by atoms with van der Waals surface area (Å²) in [6.07, 6.45) is 0. The zero-order chi connectivity index (χ0) is 28.9. The zero-order valence-corrected chi connectivity index (χ0v) is 25.1. The van der Waals surface area contributed by atoms with Crippen LogP contribution in [-0.4, -0.2) is 43.8 Å². The van der Waals surface area contributed by atoms with E-state index >= 15 is 0 Å². The summed E-state index contributed by atoms with van der Waals surface area (Å²) in [4.78, 5) is 28.2. The van der Waals surface area contributed by atoms with Crippen molar-refractivity contribution in [1.82, 2.24) is 10.2 Å². The fraction of sp³-hybridized carbons (Fsp3) is 0.286. The summed E-state index contributed by atoms with van der Waals surface area (Å²) in [6, 6.07) is 16.4. The number of anilines is 1. The molecule has 0 saturated carbocycles. The number of amides is 2. The van der Waals surface area contributed by atoms with Crippen molar-refractivity contribution in [2.24, 2.45) is 0 Å². The van der Waals surface area contributed by atoms with Crippen molar-refractivity contribution in [2.45, 2.75) is 51.2 Å². The van der Waals surface area contributed by atoms with Gasteiger partial charge in [0.15, 0.2) is 0 Å². The lowest BCUT2D eigenvalue weighted by Crippen LogP contribution is -2.52. The van der Waals surface area contributed by atoms with Crippen molar-refractivity contribution in [1.29, 1.82) is 0 Å². The Balaban J connectivity index is 2.04. The smallest absolute Gasteiger partial charge is 0.264 e. The van der Waals surface area contributed by atoms with Crippen molar-refractivity contribution in [3.8, 4) is 0 Å². The first-order chi connectivity index (χ1) is 18.3. The maximum atomic E-state index is 13.9. The molecule has 39 heavy (non-hydrogen) atoms. The van der Waals surface area contributed by atoms with Crippen LogP contribution in [0, 0.1) is 6.92 Å². The van der Waals surface area contributed by atoms with E-state index in [-0.39, 0.29) is 23.4 Å². The van der Waals surface area contributed by atoms with E-state index in [1.807, 2.05) is 26.8 Å². The van der Waals surface area contributed by atoms with Crippen molar-refractivity contribution < 1.29 is 18.0 Å². The summed E-state index contributed by atoms with van der Waals surface area (Å²) in [7, 11) is -4.18. The molecule has 0 unspecified atom stereocenters. The summed E-state index contributed by atoms with van der Waals surface area (Å²) in [6.45, 7) is 6.51. The van der Waals surface area contributed by atoms with E-state index in [9.17, 15) is 18.0 Å². The fourth-order valence-corrected chi connectivity index (χ4v) is 5.72. The first-order valence-electron chi connectivity index (χ1n) is 12.2. The van der Waals surface area contributed by atoms with Gasteiger partial charge in [0.2, 0.25) is 11.8 Å². The van der Waals surface area contributed by atoms with Crippen LogP contribution in [0.5, 0.6) is 0 Å². The van der Waals surface area contributed by atoms with Crippen LogP contribution in [-0.2, 0) is 26.2 Å². The average Bonchev–Trinajstić information content (AvgIpc) is 2.87. The maximum Gasteiger partial charge on any atom is 0.264 e. The minimum Gasteiger partial charge on any atom is -0.352 e. The van der Waals surface area contributed by atoms with Gasteiger partial charge in [0.1, 0.15) is 12.6 Å². The third kappa shape index (κ3) is 7.88. The van der Waals surface area contributed by atoms with E-state index in [1.165, 1.54) is 29.2 Å². The van der Waals surface area contributed by atoms with Gasteiger partial charge >= 0.3 is 0 Å². The van der Waals surface area contributed by atoms with Crippen molar-refractivity contribution in [3.63, 3.8) is 0 Å². The number of rotatable bonds is 10. The Morgan fingerprint density at radius 3 is 2.15 bits per heavy atom. The molecular formula is C28H30Cl3N3O4S. The van der Waals surface area contributed by atoms with Crippen LogP contribution in [0.2, 0.25) is 15.1 Å². The van der Waals surface area contributed by atoms with Gasteiger partial charge in [0.05, 0.1) is 20.6 Å². The second-order valence-corrected chi connectivity index (χ2v) is 12.5. The molecule has 0 saturated heterocycles. The Bertz CT molecular complexity index is 1450. The van der Waals surface area contributed by atoms with Gasteiger partial charge in [0.25, 0.3) is 10.0 Å². The summed E-state index contributed by atoms with van der Waals surface area (Å²) < 4.78 is 28.6. The molecule has 3 aromatic rings. The largest absolute Gasteiger partial charge is 0.352 e. The highest BCUT2D eigenvalue weighted by Crippen LogP contribution is 2.27. The monoisotopic (exact) mass is 609 g/mol. The molecule has 0 aliphatic heterocycles. The molecule has 7 nitrogen and oxygen atoms in total. The molecule has 0 aliphatic rings. The van der Waals surface area contributed by atoms with Crippen LogP contribution in [0.15, 0.2) is 71.6 Å². The van der Waals surface area contributed by atoms with Gasteiger partial charge in [-0.1, -0.05) is 53.0 Å². The first kappa shape index (κ1) is 30.8. The van der Waals surface area contributed by atoms with Gasteiger partial charge in [-0.05, 0) is 87.4 Å². The van der Waals surface area contributed by atoms with Gasteiger partial charge in [-0.3, -0.25) is 13.9 Å². The van der Waals surface area contributed by atoms with E-state index in [2.05, 4.69) is 5.32 Å². The van der Waals surface area contributed by atoms with E-state index in [1.54, 1.807) is 43.3 Å². The number of aryl methyl sites for hydroxylation is 1. The van der Waals surface area contributed by atoms with Crippen LogP contribution in [0.1, 0.15) is 31.9 Å². The third-order valence-corrected chi connectivity index (χ3v) is 8.68. The number of hydrogen-bond donors (Lipinski definition) is 1. The van der Waals surface area contributed by atoms with Crippen LogP contribution >= 0.6 is 34.8 Å². The molecule has 0 heterocycles. The molecular weight excluding hydrogens is 581 g/mol. The molecule has 0 aromatic heterocycles. The first-order valence-corrected chi connectivity index (χ1v) is 14.8. The standard InChI is InChI=1S/C28H30Cl3N3O4S/c1-18(2)32-28(36)20(4)33(16-21-8-13-25(30)26(31)15-21)27(35)17-34(23-7-5-6-19(3)14-23)39(37,38)24-11-9-22(29)10-12-24/h5-15,18,20H,16-17H2,1-4H3,(H,32,36)/t20-/m1/s1. The summed E-state index contributed by atoms with van der Waals surface area (Å²) >= 11 is 18.2. The van der Waals surface area contributed by atoms with Crippen molar-refractivity contribution >= 4 is 62.3 Å². The second-order valence-electron chi connectivity index (χ2n) is 9.41. The number of benzene rings is 3. The number of carbonyl (C=O) groups excluding carboxylic acids is 2. The summed E-state index contributed by atoms with van der Waals surface area (Å²) in [5, 5.41) is 3.84. The molecule has 0 aliphatic carbocycles. The fourth-order valence-electron chi connectivity index (χ4n) is 3.87. The molecule has 0 spiro atoms. The van der Waals surface area contributed by atoms with E-state index in [4.69, 9.17) is 34.8 Å². The van der Waals surface area contributed by atoms with E-state index in [0.717, 1.165) is 9.87 Å². The minimum absolute atomic E-state index is 0.00501. The number of nitrogens with zero attached hydrogens (tertiary/aromatic N) is 2. The second kappa shape index (κ2) is 13.0. The quantitative estimate of drug-likeness (QED) is 0.301. The average molecular weight is 611 g/mol. The minimum atomic E-state index is -4.18. The van der Waals surface area contributed by atoms with E-state index < -0.39 is 28.5 Å². The highest BCUT2D eigenvalue weighted by Gasteiger charge is 2.32. The van der Waals surface area contributed by atoms with Gasteiger partial charge in [-0.2, -0.15) is 0 Å². The lowest BCUT2D eigenvalue weighted by molar-refractivity contribution is -0.139. The number of hydrogen-bond acceptors (Lipinski definition) is 4. The van der Waals surface area contributed by atoms with Gasteiger partial charge < -0.3 is 10.2 Å². The number of nitrogens with one attached hydrogen (secondary N) is 1. The highest BCUT2D eigenvalue weighted by atomic mass is 35.5. The molecule has 1 atom stereocenters. The number of halogens is 3. The Morgan fingerprint density at radius 2 is 1.56 bits per heavy atom. The van der Waals surface area contributed by atoms with Gasteiger partial charge in [-0.25, -0.2) is 8.42 Å². The Morgan fingerprint density at radius 1 is 0.897 bits per heavy atom. The van der Waals surface area contributed by atoms with Crippen molar-refractivity contribution in [2.75, 3.05) is 10.8 Å². The lowest BCUT2D eigenvalue weighted by atomic mass is 10.1. The normalized spacial score (nSPS) is 12.2. The Kier molecular flexibility index (Phi) is 10.3. The molecule has 3 rings (SSSR count). The van der Waals surface area contributed by atoms with Crippen LogP contribution in [0.25, 0.3) is 0 Å². The molecule has 2 amide bonds. The topological polar surface area (TPSA) is 86.8 Å². The lowest BCUT2D eigenvalue weighted by Gasteiger charge is -2.32. The Hall–Kier alpha value is -2.78. The molecule has 0 bridgehead atoms. The molecule has 0 fully saturated rings. The van der Waals surface area contributed by atoms with Crippen LogP contribution in [0.3, 0.4) is 0 Å². The molecule has 1 N–H and O–H groups in total. The zero-order valence-electron chi connectivity index (χ0n) is 22.0. The number of sulfonamides is 1.